The van der Waals surface area contributed by atoms with Crippen molar-refractivity contribution in [3.05, 3.63) is 65.4 Å². The molecule has 2 aromatic carbocycles. The molecular formula is C29H37NO4. The Hall–Kier alpha value is -2.63. The number of fused-ring (bicyclic) bond motifs is 1. The number of hydrogen-bond donors (Lipinski definition) is 2. The maximum Gasteiger partial charge on any atom is 0.148 e. The van der Waals surface area contributed by atoms with Gasteiger partial charge in [0.1, 0.15) is 11.5 Å². The number of carbonyl (C=O) groups is 1. The molecular weight excluding hydrogens is 426 g/mol. The molecule has 0 radical (unpaired) electrons. The first-order valence-corrected chi connectivity index (χ1v) is 12.0. The average Bonchev–Trinajstić information content (AvgIpc) is 3.20. The number of ketones is 1. The lowest BCUT2D eigenvalue weighted by Crippen LogP contribution is -2.27. The van der Waals surface area contributed by atoms with Crippen molar-refractivity contribution >= 4 is 16.7 Å². The van der Waals surface area contributed by atoms with Crippen LogP contribution >= 0.6 is 0 Å². The first kappa shape index (κ1) is 24.5. The molecule has 1 aliphatic rings. The maximum absolute atomic E-state index is 13.7. The van der Waals surface area contributed by atoms with E-state index < -0.39 is 11.5 Å². The molecule has 0 spiro atoms. The quantitative estimate of drug-likeness (QED) is 0.504. The van der Waals surface area contributed by atoms with E-state index >= 15 is 0 Å². The van der Waals surface area contributed by atoms with Crippen LogP contribution in [0.3, 0.4) is 0 Å². The van der Waals surface area contributed by atoms with Gasteiger partial charge in [0.15, 0.2) is 0 Å². The lowest BCUT2D eigenvalue weighted by atomic mass is 9.81. The first-order valence-electron chi connectivity index (χ1n) is 12.0. The summed E-state index contributed by atoms with van der Waals surface area (Å²) in [6, 6.07) is 16.2. The Balaban J connectivity index is 1.67. The molecule has 0 saturated heterocycles. The number of aliphatic hydroxyl groups is 2. The van der Waals surface area contributed by atoms with E-state index in [0.29, 0.717) is 13.0 Å². The van der Waals surface area contributed by atoms with Gasteiger partial charge in [-0.3, -0.25) is 4.79 Å². The van der Waals surface area contributed by atoms with Gasteiger partial charge in [0.25, 0.3) is 0 Å². The number of rotatable bonds is 8. The van der Waals surface area contributed by atoms with Gasteiger partial charge in [0.2, 0.25) is 0 Å². The lowest BCUT2D eigenvalue weighted by molar-refractivity contribution is -0.121. The fraction of sp³-hybridized carbons (Fsp3) is 0.483. The highest BCUT2D eigenvalue weighted by Crippen LogP contribution is 2.65. The molecule has 1 unspecified atom stereocenters. The maximum atomic E-state index is 13.7. The normalized spacial score (nSPS) is 20.4. The predicted octanol–water partition coefficient (Wildman–Crippen LogP) is 4.78. The highest BCUT2D eigenvalue weighted by atomic mass is 16.5. The third-order valence-electron chi connectivity index (χ3n) is 7.50. The molecule has 4 rings (SSSR count). The van der Waals surface area contributed by atoms with Crippen LogP contribution in [0.5, 0.6) is 5.75 Å². The molecule has 0 bridgehead atoms. The van der Waals surface area contributed by atoms with Gasteiger partial charge in [0.05, 0.1) is 31.8 Å². The number of methoxy groups -OCH3 is 1. The standard InChI is InChI=1S/C29H37NO4/c1-27(2,3)25-15-20-13-19(7-12-24(20)30(25)16-22(32)17-31)14-26(33)29(18-28(29,4)5)21-8-10-23(34-6)11-9-21/h7-13,15,22,31-32H,14,16-18H2,1-6H3/t22-,29?/m1/s1. The van der Waals surface area contributed by atoms with Crippen LogP contribution in [-0.2, 0) is 28.6 Å². The number of carbonyl (C=O) groups excluding carboxylic acids is 1. The first-order chi connectivity index (χ1) is 15.9. The van der Waals surface area contributed by atoms with Crippen molar-refractivity contribution in [1.82, 2.24) is 4.57 Å². The van der Waals surface area contributed by atoms with Crippen LogP contribution in [0, 0.1) is 5.41 Å². The fourth-order valence-electron chi connectivity index (χ4n) is 5.48. The van der Waals surface area contributed by atoms with E-state index in [0.717, 1.165) is 39.9 Å². The summed E-state index contributed by atoms with van der Waals surface area (Å²) in [6.07, 6.45) is 0.400. The molecule has 1 aliphatic carbocycles. The van der Waals surface area contributed by atoms with Gasteiger partial charge in [-0.15, -0.1) is 0 Å². The summed E-state index contributed by atoms with van der Waals surface area (Å²) in [5, 5.41) is 20.5. The molecule has 182 valence electrons. The lowest BCUT2D eigenvalue weighted by Gasteiger charge is -2.23. The van der Waals surface area contributed by atoms with Gasteiger partial charge >= 0.3 is 0 Å². The zero-order chi connectivity index (χ0) is 24.9. The van der Waals surface area contributed by atoms with E-state index in [4.69, 9.17) is 4.74 Å². The fourth-order valence-corrected chi connectivity index (χ4v) is 5.48. The van der Waals surface area contributed by atoms with Crippen molar-refractivity contribution in [2.75, 3.05) is 13.7 Å². The van der Waals surface area contributed by atoms with Crippen LogP contribution in [0.2, 0.25) is 0 Å². The Morgan fingerprint density at radius 2 is 1.76 bits per heavy atom. The van der Waals surface area contributed by atoms with Crippen LogP contribution in [0.4, 0.5) is 0 Å². The minimum absolute atomic E-state index is 0.0774. The minimum atomic E-state index is -0.820. The Labute approximate surface area is 202 Å². The molecule has 5 heteroatoms. The van der Waals surface area contributed by atoms with Crippen LogP contribution in [0.25, 0.3) is 10.9 Å². The Morgan fingerprint density at radius 3 is 2.29 bits per heavy atom. The number of nitrogens with zero attached hydrogens (tertiary/aromatic N) is 1. The second-order valence-electron chi connectivity index (χ2n) is 11.4. The van der Waals surface area contributed by atoms with Gasteiger partial charge in [-0.25, -0.2) is 0 Å². The Morgan fingerprint density at radius 1 is 1.12 bits per heavy atom. The zero-order valence-corrected chi connectivity index (χ0v) is 21.2. The number of aliphatic hydroxyl groups excluding tert-OH is 2. The van der Waals surface area contributed by atoms with Gasteiger partial charge < -0.3 is 19.5 Å². The summed E-state index contributed by atoms with van der Waals surface area (Å²) >= 11 is 0. The number of hydrogen-bond acceptors (Lipinski definition) is 4. The summed E-state index contributed by atoms with van der Waals surface area (Å²) in [4.78, 5) is 13.7. The number of ether oxygens (including phenoxy) is 1. The summed E-state index contributed by atoms with van der Waals surface area (Å²) in [7, 11) is 1.65. The van der Waals surface area contributed by atoms with E-state index in [9.17, 15) is 15.0 Å². The summed E-state index contributed by atoms with van der Waals surface area (Å²) < 4.78 is 7.39. The van der Waals surface area contributed by atoms with Crippen molar-refractivity contribution in [3.8, 4) is 5.75 Å². The zero-order valence-electron chi connectivity index (χ0n) is 21.2. The number of Topliss-reactive ketones (excluding diaryl/α,β-unsaturated/α-hetero) is 1. The topological polar surface area (TPSA) is 71.7 Å². The summed E-state index contributed by atoms with van der Waals surface area (Å²) in [6.45, 7) is 10.8. The van der Waals surface area contributed by atoms with E-state index in [1.165, 1.54) is 0 Å². The highest BCUT2D eigenvalue weighted by molar-refractivity contribution is 5.97. The molecule has 2 N–H and O–H groups in total. The van der Waals surface area contributed by atoms with Gasteiger partial charge in [-0.2, -0.15) is 0 Å². The van der Waals surface area contributed by atoms with Gasteiger partial charge in [-0.1, -0.05) is 52.8 Å². The van der Waals surface area contributed by atoms with Crippen LogP contribution in [-0.4, -0.2) is 40.4 Å². The largest absolute Gasteiger partial charge is 0.497 e. The monoisotopic (exact) mass is 463 g/mol. The van der Waals surface area contributed by atoms with E-state index in [1.54, 1.807) is 7.11 Å². The molecule has 5 nitrogen and oxygen atoms in total. The Kier molecular flexibility index (Phi) is 6.16. The molecule has 1 fully saturated rings. The number of aromatic nitrogens is 1. The molecule has 0 aliphatic heterocycles. The minimum Gasteiger partial charge on any atom is -0.497 e. The van der Waals surface area contributed by atoms with Crippen LogP contribution in [0.1, 0.15) is 57.9 Å². The third kappa shape index (κ3) is 4.16. The summed E-state index contributed by atoms with van der Waals surface area (Å²) in [5.74, 6) is 1.04. The highest BCUT2D eigenvalue weighted by Gasteiger charge is 2.66. The van der Waals surface area contributed by atoms with Crippen molar-refractivity contribution in [2.45, 2.75) is 70.9 Å². The smallest absolute Gasteiger partial charge is 0.148 e. The summed E-state index contributed by atoms with van der Waals surface area (Å²) in [5.41, 5.74) is 3.48. The third-order valence-corrected chi connectivity index (χ3v) is 7.50. The second-order valence-corrected chi connectivity index (χ2v) is 11.4. The van der Waals surface area contributed by atoms with Crippen LogP contribution < -0.4 is 4.74 Å². The van der Waals surface area contributed by atoms with Gasteiger partial charge in [0, 0.05) is 28.4 Å². The van der Waals surface area contributed by atoms with E-state index in [-0.39, 0.29) is 23.2 Å². The van der Waals surface area contributed by atoms with Crippen molar-refractivity contribution < 1.29 is 19.7 Å². The van der Waals surface area contributed by atoms with E-state index in [2.05, 4.69) is 51.3 Å². The second kappa shape index (κ2) is 8.54. The number of benzene rings is 2. The van der Waals surface area contributed by atoms with Crippen molar-refractivity contribution in [3.63, 3.8) is 0 Å². The molecule has 2 atom stereocenters. The van der Waals surface area contributed by atoms with Gasteiger partial charge in [-0.05, 0) is 53.3 Å². The van der Waals surface area contributed by atoms with Crippen molar-refractivity contribution in [1.29, 1.82) is 0 Å². The molecule has 1 aromatic heterocycles. The molecule has 3 aromatic rings. The Bertz CT molecular complexity index is 1200. The average molecular weight is 464 g/mol. The predicted molar refractivity (Wildman–Crippen MR) is 136 cm³/mol. The molecule has 34 heavy (non-hydrogen) atoms. The van der Waals surface area contributed by atoms with E-state index in [1.807, 2.05) is 36.4 Å². The molecule has 1 heterocycles. The van der Waals surface area contributed by atoms with Crippen LogP contribution in [0.15, 0.2) is 48.5 Å². The molecule has 1 saturated carbocycles. The van der Waals surface area contributed by atoms with Crippen molar-refractivity contribution in [2.24, 2.45) is 5.41 Å². The molecule has 0 amide bonds. The SMILES string of the molecule is COc1ccc(C2(C(=O)Cc3ccc4c(c3)cc(C(C)(C)C)n4C[C@@H](O)CO)CC2(C)C)cc1.